The molecular weight excluding hydrogens is 266 g/mol. The van der Waals surface area contributed by atoms with E-state index in [-0.39, 0.29) is 0 Å². The molecular formula is C16H27N3S. The molecule has 3 rings (SSSR count). The zero-order chi connectivity index (χ0) is 13.9. The van der Waals surface area contributed by atoms with Gasteiger partial charge in [-0.15, -0.1) is 11.3 Å². The summed E-state index contributed by atoms with van der Waals surface area (Å²) in [6.07, 6.45) is 8.52. The Morgan fingerprint density at radius 2 is 2.15 bits per heavy atom. The van der Waals surface area contributed by atoms with Gasteiger partial charge in [0.1, 0.15) is 0 Å². The highest BCUT2D eigenvalue weighted by Crippen LogP contribution is 2.32. The molecule has 1 aromatic heterocycles. The molecule has 4 heteroatoms. The lowest BCUT2D eigenvalue weighted by atomic mass is 9.78. The molecule has 1 N–H and O–H groups in total. The van der Waals surface area contributed by atoms with Crippen LogP contribution in [0, 0.1) is 12.8 Å². The van der Waals surface area contributed by atoms with Crippen LogP contribution in [0.4, 0.5) is 0 Å². The molecule has 0 bridgehead atoms. The topological polar surface area (TPSA) is 28.2 Å². The van der Waals surface area contributed by atoms with Crippen LogP contribution in [0.3, 0.4) is 0 Å². The van der Waals surface area contributed by atoms with Gasteiger partial charge < -0.3 is 5.32 Å². The summed E-state index contributed by atoms with van der Waals surface area (Å²) in [6.45, 7) is 4.22. The van der Waals surface area contributed by atoms with Gasteiger partial charge in [0.25, 0.3) is 0 Å². The largest absolute Gasteiger partial charge is 0.310 e. The summed E-state index contributed by atoms with van der Waals surface area (Å²) < 4.78 is 0. The van der Waals surface area contributed by atoms with E-state index in [1.807, 2.05) is 0 Å². The molecule has 1 saturated carbocycles. The zero-order valence-electron chi connectivity index (χ0n) is 12.8. The molecule has 3 unspecified atom stereocenters. The maximum absolute atomic E-state index is 4.57. The Kier molecular flexibility index (Phi) is 4.74. The van der Waals surface area contributed by atoms with E-state index < -0.39 is 0 Å². The summed E-state index contributed by atoms with van der Waals surface area (Å²) in [6, 6.07) is 1.48. The predicted molar refractivity (Wildman–Crippen MR) is 85.1 cm³/mol. The fraction of sp³-hybridized carbons (Fsp3) is 0.812. The molecule has 1 aliphatic heterocycles. The minimum atomic E-state index is 0.680. The minimum absolute atomic E-state index is 0.680. The van der Waals surface area contributed by atoms with E-state index in [9.17, 15) is 0 Å². The van der Waals surface area contributed by atoms with E-state index in [2.05, 4.69) is 34.6 Å². The fourth-order valence-electron chi connectivity index (χ4n) is 3.92. The van der Waals surface area contributed by atoms with Crippen LogP contribution in [0.15, 0.2) is 5.38 Å². The molecule has 1 saturated heterocycles. The normalized spacial score (nSPS) is 30.4. The van der Waals surface area contributed by atoms with Crippen LogP contribution in [-0.2, 0) is 6.54 Å². The number of fused-ring (bicyclic) bond motifs is 1. The average molecular weight is 293 g/mol. The lowest BCUT2D eigenvalue weighted by molar-refractivity contribution is 0.150. The van der Waals surface area contributed by atoms with Crippen molar-refractivity contribution >= 4 is 11.3 Å². The molecule has 2 fully saturated rings. The Bertz CT molecular complexity index is 431. The van der Waals surface area contributed by atoms with Gasteiger partial charge in [-0.3, -0.25) is 4.90 Å². The number of nitrogens with one attached hydrogen (secondary N) is 1. The summed E-state index contributed by atoms with van der Waals surface area (Å²) in [4.78, 5) is 6.99. The van der Waals surface area contributed by atoms with Gasteiger partial charge in [-0.1, -0.05) is 12.8 Å². The number of aromatic nitrogens is 1. The van der Waals surface area contributed by atoms with Gasteiger partial charge in [-0.05, 0) is 45.6 Å². The van der Waals surface area contributed by atoms with Crippen molar-refractivity contribution < 1.29 is 0 Å². The van der Waals surface area contributed by atoms with E-state index in [0.717, 1.165) is 25.0 Å². The third-order valence-electron chi connectivity index (χ3n) is 4.88. The Balaban J connectivity index is 1.48. The number of aryl methyl sites for hydroxylation is 1. The Morgan fingerprint density at radius 1 is 1.30 bits per heavy atom. The Labute approximate surface area is 126 Å². The smallest absolute Gasteiger partial charge is 0.0897 e. The SMILES string of the molecule is Cc1nc(CN(C)CC2CCC3CCCCC3N2)cs1. The number of nitrogens with zero attached hydrogens (tertiary/aromatic N) is 2. The summed E-state index contributed by atoms with van der Waals surface area (Å²) in [7, 11) is 2.23. The molecule has 20 heavy (non-hydrogen) atoms. The molecule has 1 aliphatic carbocycles. The van der Waals surface area contributed by atoms with E-state index >= 15 is 0 Å². The highest BCUT2D eigenvalue weighted by Gasteiger charge is 2.31. The molecule has 2 aliphatic rings. The van der Waals surface area contributed by atoms with Crippen LogP contribution in [-0.4, -0.2) is 35.6 Å². The number of hydrogen-bond acceptors (Lipinski definition) is 4. The van der Waals surface area contributed by atoms with Crippen LogP contribution in [0.5, 0.6) is 0 Å². The highest BCUT2D eigenvalue weighted by molar-refractivity contribution is 7.09. The van der Waals surface area contributed by atoms with Crippen molar-refractivity contribution in [2.45, 2.75) is 64.1 Å². The lowest BCUT2D eigenvalue weighted by Crippen LogP contribution is -2.52. The molecule has 2 heterocycles. The predicted octanol–water partition coefficient (Wildman–Crippen LogP) is 3.19. The van der Waals surface area contributed by atoms with Gasteiger partial charge in [-0.25, -0.2) is 4.98 Å². The van der Waals surface area contributed by atoms with Crippen molar-refractivity contribution in [3.63, 3.8) is 0 Å². The molecule has 3 atom stereocenters. The van der Waals surface area contributed by atoms with Gasteiger partial charge >= 0.3 is 0 Å². The lowest BCUT2D eigenvalue weighted by Gasteiger charge is -2.41. The van der Waals surface area contributed by atoms with Crippen molar-refractivity contribution in [3.05, 3.63) is 16.1 Å². The van der Waals surface area contributed by atoms with Gasteiger partial charge in [0.05, 0.1) is 10.7 Å². The summed E-state index contributed by atoms with van der Waals surface area (Å²) in [5.74, 6) is 0.964. The second-order valence-electron chi connectivity index (χ2n) is 6.65. The second-order valence-corrected chi connectivity index (χ2v) is 7.71. The fourth-order valence-corrected chi connectivity index (χ4v) is 4.52. The van der Waals surface area contributed by atoms with Gasteiger partial charge in [0, 0.05) is 30.6 Å². The van der Waals surface area contributed by atoms with Crippen molar-refractivity contribution in [2.24, 2.45) is 5.92 Å². The van der Waals surface area contributed by atoms with Crippen molar-refractivity contribution in [2.75, 3.05) is 13.6 Å². The Morgan fingerprint density at radius 3 is 2.95 bits per heavy atom. The third kappa shape index (κ3) is 3.60. The maximum Gasteiger partial charge on any atom is 0.0897 e. The van der Waals surface area contributed by atoms with Crippen molar-refractivity contribution in [1.82, 2.24) is 15.2 Å². The first kappa shape index (κ1) is 14.5. The molecule has 3 nitrogen and oxygen atoms in total. The zero-order valence-corrected chi connectivity index (χ0v) is 13.6. The van der Waals surface area contributed by atoms with E-state index in [1.165, 1.54) is 49.2 Å². The summed E-state index contributed by atoms with van der Waals surface area (Å²) >= 11 is 1.75. The second kappa shape index (κ2) is 6.54. The van der Waals surface area contributed by atoms with Crippen LogP contribution in [0.25, 0.3) is 0 Å². The average Bonchev–Trinajstić information content (AvgIpc) is 2.83. The van der Waals surface area contributed by atoms with Crippen LogP contribution in [0.1, 0.15) is 49.2 Å². The van der Waals surface area contributed by atoms with Crippen LogP contribution in [0.2, 0.25) is 0 Å². The number of rotatable bonds is 4. The van der Waals surface area contributed by atoms with Crippen molar-refractivity contribution in [3.8, 4) is 0 Å². The van der Waals surface area contributed by atoms with Crippen LogP contribution < -0.4 is 5.32 Å². The van der Waals surface area contributed by atoms with Gasteiger partial charge in [-0.2, -0.15) is 0 Å². The Hall–Kier alpha value is -0.450. The van der Waals surface area contributed by atoms with Crippen LogP contribution >= 0.6 is 11.3 Å². The third-order valence-corrected chi connectivity index (χ3v) is 5.70. The summed E-state index contributed by atoms with van der Waals surface area (Å²) in [5, 5.41) is 7.28. The first-order valence-electron chi connectivity index (χ1n) is 8.06. The highest BCUT2D eigenvalue weighted by atomic mass is 32.1. The van der Waals surface area contributed by atoms with E-state index in [0.29, 0.717) is 6.04 Å². The van der Waals surface area contributed by atoms with Gasteiger partial charge in [0.15, 0.2) is 0 Å². The maximum atomic E-state index is 4.57. The number of likely N-dealkylation sites (N-methyl/N-ethyl adjacent to an activating group) is 1. The van der Waals surface area contributed by atoms with E-state index in [4.69, 9.17) is 0 Å². The standard InChI is InChI=1S/C16H27N3S/c1-12-17-15(11-20-12)10-19(2)9-14-8-7-13-5-3-4-6-16(13)18-14/h11,13-14,16,18H,3-10H2,1-2H3. The number of piperidine rings is 1. The molecule has 0 amide bonds. The molecule has 0 spiro atoms. The van der Waals surface area contributed by atoms with E-state index in [1.54, 1.807) is 11.3 Å². The molecule has 112 valence electrons. The minimum Gasteiger partial charge on any atom is -0.310 e. The quantitative estimate of drug-likeness (QED) is 0.924. The molecule has 0 aromatic carbocycles. The molecule has 1 aromatic rings. The van der Waals surface area contributed by atoms with Crippen molar-refractivity contribution in [1.29, 1.82) is 0 Å². The first-order chi connectivity index (χ1) is 9.70. The monoisotopic (exact) mass is 293 g/mol. The number of thiazole rings is 1. The first-order valence-corrected chi connectivity index (χ1v) is 8.94. The number of hydrogen-bond donors (Lipinski definition) is 1. The van der Waals surface area contributed by atoms with Gasteiger partial charge in [0.2, 0.25) is 0 Å². The summed E-state index contributed by atoms with van der Waals surface area (Å²) in [5.41, 5.74) is 1.22. The molecule has 0 radical (unpaired) electrons.